The molecule has 0 spiro atoms. The van der Waals surface area contributed by atoms with Gasteiger partial charge < -0.3 is 4.98 Å². The van der Waals surface area contributed by atoms with Gasteiger partial charge in [0.05, 0.1) is 4.87 Å². The van der Waals surface area contributed by atoms with Crippen molar-refractivity contribution >= 4 is 11.6 Å². The van der Waals surface area contributed by atoms with Crippen molar-refractivity contribution in [3.63, 3.8) is 0 Å². The van der Waals surface area contributed by atoms with Crippen LogP contribution in [0.1, 0.15) is 18.4 Å². The lowest BCUT2D eigenvalue weighted by atomic mass is 10.2. The van der Waals surface area contributed by atoms with Gasteiger partial charge in [-0.25, -0.2) is 0 Å². The zero-order valence-electron chi connectivity index (χ0n) is 5.93. The monoisotopic (exact) mass is 169 g/mol. The molecule has 2 rings (SSSR count). The van der Waals surface area contributed by atoms with Crippen molar-refractivity contribution in [3.05, 3.63) is 34.2 Å². The first-order valence-electron chi connectivity index (χ1n) is 3.59. The van der Waals surface area contributed by atoms with E-state index >= 15 is 0 Å². The van der Waals surface area contributed by atoms with Crippen LogP contribution in [0.5, 0.6) is 0 Å². The highest BCUT2D eigenvalue weighted by molar-refractivity contribution is 6.25. The zero-order valence-corrected chi connectivity index (χ0v) is 6.69. The second-order valence-corrected chi connectivity index (χ2v) is 3.63. The van der Waals surface area contributed by atoms with Gasteiger partial charge in [0.2, 0.25) is 5.56 Å². The predicted molar refractivity (Wildman–Crippen MR) is 43.8 cm³/mol. The van der Waals surface area contributed by atoms with Gasteiger partial charge in [0.25, 0.3) is 0 Å². The molecule has 0 atom stereocenters. The lowest BCUT2D eigenvalue weighted by Gasteiger charge is -2.03. The van der Waals surface area contributed by atoms with E-state index in [4.69, 9.17) is 11.6 Å². The Kier molecular flexibility index (Phi) is 1.33. The summed E-state index contributed by atoms with van der Waals surface area (Å²) in [6, 6.07) is 3.30. The van der Waals surface area contributed by atoms with Crippen molar-refractivity contribution in [1.82, 2.24) is 4.98 Å². The summed E-state index contributed by atoms with van der Waals surface area (Å²) in [7, 11) is 0. The van der Waals surface area contributed by atoms with Crippen LogP contribution in [0.2, 0.25) is 0 Å². The van der Waals surface area contributed by atoms with E-state index in [2.05, 4.69) is 4.98 Å². The second kappa shape index (κ2) is 2.11. The summed E-state index contributed by atoms with van der Waals surface area (Å²) in [4.78, 5) is 13.1. The third kappa shape index (κ3) is 1.18. The lowest BCUT2D eigenvalue weighted by Crippen LogP contribution is -2.06. The highest BCUT2D eigenvalue weighted by Crippen LogP contribution is 2.51. The zero-order chi connectivity index (χ0) is 7.90. The first-order valence-corrected chi connectivity index (χ1v) is 3.97. The minimum Gasteiger partial charge on any atom is -0.329 e. The molecule has 0 unspecified atom stereocenters. The average Bonchev–Trinajstić information content (AvgIpc) is 2.70. The third-order valence-corrected chi connectivity index (χ3v) is 2.59. The van der Waals surface area contributed by atoms with Crippen molar-refractivity contribution in [2.75, 3.05) is 0 Å². The molecule has 1 aliphatic carbocycles. The molecule has 1 saturated carbocycles. The van der Waals surface area contributed by atoms with Gasteiger partial charge in [0, 0.05) is 12.3 Å². The summed E-state index contributed by atoms with van der Waals surface area (Å²) >= 11 is 6.10. The predicted octanol–water partition coefficient (Wildman–Crippen LogP) is 1.60. The third-order valence-electron chi connectivity index (χ3n) is 1.99. The number of rotatable bonds is 1. The molecule has 11 heavy (non-hydrogen) atoms. The highest BCUT2D eigenvalue weighted by atomic mass is 35.5. The molecular weight excluding hydrogens is 162 g/mol. The molecule has 58 valence electrons. The topological polar surface area (TPSA) is 32.9 Å². The van der Waals surface area contributed by atoms with Crippen molar-refractivity contribution in [3.8, 4) is 0 Å². The van der Waals surface area contributed by atoms with Gasteiger partial charge in [0.1, 0.15) is 0 Å². The number of H-pyrrole nitrogens is 1. The minimum absolute atomic E-state index is 0.0744. The smallest absolute Gasteiger partial charge is 0.247 e. The number of halogens is 1. The largest absolute Gasteiger partial charge is 0.329 e. The molecule has 0 aromatic carbocycles. The molecule has 0 aliphatic heterocycles. The summed E-state index contributed by atoms with van der Waals surface area (Å²) in [6.45, 7) is 0. The van der Waals surface area contributed by atoms with Gasteiger partial charge in [0.15, 0.2) is 0 Å². The van der Waals surface area contributed by atoms with Gasteiger partial charge >= 0.3 is 0 Å². The number of nitrogens with one attached hydrogen (secondary N) is 1. The Hall–Kier alpha value is -0.760. The molecular formula is C8H8ClNO. The van der Waals surface area contributed by atoms with E-state index in [9.17, 15) is 4.79 Å². The van der Waals surface area contributed by atoms with Gasteiger partial charge in [-0.3, -0.25) is 4.79 Å². The Morgan fingerprint density at radius 1 is 1.45 bits per heavy atom. The van der Waals surface area contributed by atoms with Crippen LogP contribution in [0.3, 0.4) is 0 Å². The Labute approximate surface area is 69.2 Å². The van der Waals surface area contributed by atoms with Crippen LogP contribution in [0.4, 0.5) is 0 Å². The normalized spacial score (nSPS) is 19.7. The van der Waals surface area contributed by atoms with E-state index in [0.717, 1.165) is 18.4 Å². The fraction of sp³-hybridized carbons (Fsp3) is 0.375. The fourth-order valence-corrected chi connectivity index (χ4v) is 1.30. The number of pyridine rings is 1. The number of alkyl halides is 1. The molecule has 0 amide bonds. The maximum Gasteiger partial charge on any atom is 0.247 e. The molecule has 1 N–H and O–H groups in total. The van der Waals surface area contributed by atoms with Crippen LogP contribution in [0.15, 0.2) is 23.1 Å². The quantitative estimate of drug-likeness (QED) is 0.637. The van der Waals surface area contributed by atoms with Crippen molar-refractivity contribution in [1.29, 1.82) is 0 Å². The first-order chi connectivity index (χ1) is 5.21. The molecule has 0 radical (unpaired) electrons. The molecule has 0 bridgehead atoms. The Morgan fingerprint density at radius 3 is 2.64 bits per heavy atom. The second-order valence-electron chi connectivity index (χ2n) is 2.91. The SMILES string of the molecule is O=c1ccc(C2(Cl)CC2)c[nH]1. The standard InChI is InChI=1S/C8H8ClNO/c9-8(3-4-8)6-1-2-7(11)10-5-6/h1-2,5H,3-4H2,(H,10,11). The van der Waals surface area contributed by atoms with Gasteiger partial charge in [-0.15, -0.1) is 11.6 Å². The van der Waals surface area contributed by atoms with Crippen LogP contribution in [-0.4, -0.2) is 4.98 Å². The summed E-state index contributed by atoms with van der Waals surface area (Å²) < 4.78 is 0. The lowest BCUT2D eigenvalue weighted by molar-refractivity contribution is 0.986. The molecule has 1 aliphatic rings. The van der Waals surface area contributed by atoms with E-state index in [1.807, 2.05) is 0 Å². The van der Waals surface area contributed by atoms with Crippen LogP contribution < -0.4 is 5.56 Å². The molecule has 1 aromatic rings. The average molecular weight is 170 g/mol. The summed E-state index contributed by atoms with van der Waals surface area (Å²) in [6.07, 6.45) is 3.73. The Balaban J connectivity index is 2.40. The van der Waals surface area contributed by atoms with Crippen molar-refractivity contribution < 1.29 is 0 Å². The summed E-state index contributed by atoms with van der Waals surface area (Å²) in [5.74, 6) is 0. The maximum atomic E-state index is 10.7. The van der Waals surface area contributed by atoms with Crippen molar-refractivity contribution in [2.45, 2.75) is 17.7 Å². The molecule has 2 nitrogen and oxygen atoms in total. The molecule has 3 heteroatoms. The minimum atomic E-state index is -0.162. The molecule has 1 aromatic heterocycles. The van der Waals surface area contributed by atoms with Crippen LogP contribution in [0, 0.1) is 0 Å². The van der Waals surface area contributed by atoms with E-state index in [1.54, 1.807) is 12.3 Å². The molecule has 0 saturated heterocycles. The number of aromatic amines is 1. The van der Waals surface area contributed by atoms with E-state index < -0.39 is 0 Å². The number of hydrogen-bond donors (Lipinski definition) is 1. The molecule has 1 fully saturated rings. The molecule has 1 heterocycles. The number of hydrogen-bond acceptors (Lipinski definition) is 1. The van der Waals surface area contributed by atoms with E-state index in [-0.39, 0.29) is 10.4 Å². The highest BCUT2D eigenvalue weighted by Gasteiger charge is 2.42. The first kappa shape index (κ1) is 6.92. The Bertz CT molecular complexity index is 307. The number of aromatic nitrogens is 1. The van der Waals surface area contributed by atoms with Crippen LogP contribution >= 0.6 is 11.6 Å². The van der Waals surface area contributed by atoms with E-state index in [0.29, 0.717) is 0 Å². The summed E-state index contributed by atoms with van der Waals surface area (Å²) in [5.41, 5.74) is 0.952. The van der Waals surface area contributed by atoms with Gasteiger partial charge in [-0.1, -0.05) is 6.07 Å². The van der Waals surface area contributed by atoms with E-state index in [1.165, 1.54) is 6.07 Å². The fourth-order valence-electron chi connectivity index (χ4n) is 1.09. The Morgan fingerprint density at radius 2 is 2.18 bits per heavy atom. The van der Waals surface area contributed by atoms with Crippen LogP contribution in [0.25, 0.3) is 0 Å². The van der Waals surface area contributed by atoms with Crippen molar-refractivity contribution in [2.24, 2.45) is 0 Å². The van der Waals surface area contributed by atoms with Gasteiger partial charge in [-0.05, 0) is 18.4 Å². The maximum absolute atomic E-state index is 10.7. The summed E-state index contributed by atoms with van der Waals surface area (Å²) in [5, 5.41) is 0. The van der Waals surface area contributed by atoms with Crippen LogP contribution in [-0.2, 0) is 4.87 Å². The van der Waals surface area contributed by atoms with Gasteiger partial charge in [-0.2, -0.15) is 0 Å².